The maximum Gasteiger partial charge on any atom is 0.307 e. The Bertz CT molecular complexity index is 353. The van der Waals surface area contributed by atoms with Crippen LogP contribution in [0.4, 0.5) is 0 Å². The minimum Gasteiger partial charge on any atom is -0.466 e. The van der Waals surface area contributed by atoms with Crippen molar-refractivity contribution in [1.29, 1.82) is 0 Å². The Morgan fingerprint density at radius 3 is 2.60 bits per heavy atom. The minimum absolute atomic E-state index is 0.205. The molecular formula is C10H10BNO3. The molecule has 0 aliphatic rings. The van der Waals surface area contributed by atoms with Crippen molar-refractivity contribution in [1.82, 2.24) is 4.98 Å². The molecule has 0 saturated heterocycles. The third-order valence-electron chi connectivity index (χ3n) is 1.79. The van der Waals surface area contributed by atoms with Gasteiger partial charge in [-0.2, -0.15) is 0 Å². The van der Waals surface area contributed by atoms with Crippen LogP contribution in [0.1, 0.15) is 17.3 Å². The molecule has 0 saturated carbocycles. The Labute approximate surface area is 89.1 Å². The number of ketones is 1. The van der Waals surface area contributed by atoms with Crippen molar-refractivity contribution in [2.24, 2.45) is 0 Å². The van der Waals surface area contributed by atoms with E-state index in [2.05, 4.69) is 9.72 Å². The van der Waals surface area contributed by atoms with Crippen LogP contribution in [0.25, 0.3) is 0 Å². The van der Waals surface area contributed by atoms with E-state index in [1.54, 1.807) is 6.92 Å². The molecule has 1 rings (SSSR count). The molecular weight excluding hydrogens is 193 g/mol. The molecule has 1 atom stereocenters. The number of aromatic nitrogens is 1. The summed E-state index contributed by atoms with van der Waals surface area (Å²) in [6.45, 7) is 1.86. The molecule has 0 aromatic carbocycles. The summed E-state index contributed by atoms with van der Waals surface area (Å²) in [6.07, 6.45) is 2.93. The minimum atomic E-state index is -1.26. The van der Waals surface area contributed by atoms with E-state index in [0.717, 1.165) is 0 Å². The van der Waals surface area contributed by atoms with Crippen molar-refractivity contribution in [3.05, 3.63) is 30.1 Å². The lowest BCUT2D eigenvalue weighted by molar-refractivity contribution is -0.141. The van der Waals surface area contributed by atoms with Crippen LogP contribution in [0, 0.1) is 0 Å². The smallest absolute Gasteiger partial charge is 0.307 e. The van der Waals surface area contributed by atoms with Crippen molar-refractivity contribution < 1.29 is 14.3 Å². The first-order chi connectivity index (χ1) is 7.16. The molecule has 1 aromatic heterocycles. The van der Waals surface area contributed by atoms with E-state index in [1.807, 2.05) is 0 Å². The van der Waals surface area contributed by atoms with Crippen molar-refractivity contribution in [2.45, 2.75) is 12.7 Å². The van der Waals surface area contributed by atoms with Gasteiger partial charge < -0.3 is 4.74 Å². The van der Waals surface area contributed by atoms with Gasteiger partial charge in [-0.3, -0.25) is 14.6 Å². The van der Waals surface area contributed by atoms with Crippen molar-refractivity contribution >= 4 is 19.6 Å². The molecule has 0 fully saturated rings. The van der Waals surface area contributed by atoms with Crippen LogP contribution in [0.3, 0.4) is 0 Å². The van der Waals surface area contributed by atoms with Gasteiger partial charge in [0.1, 0.15) is 0 Å². The summed E-state index contributed by atoms with van der Waals surface area (Å²) in [5, 5.41) is 0. The molecule has 0 bridgehead atoms. The number of hydrogen-bond donors (Lipinski definition) is 0. The number of pyridine rings is 1. The number of ether oxygens (including phenoxy) is 1. The van der Waals surface area contributed by atoms with Crippen LogP contribution in [-0.4, -0.2) is 31.2 Å². The second-order valence-corrected chi connectivity index (χ2v) is 2.83. The van der Waals surface area contributed by atoms with Gasteiger partial charge in [0.15, 0.2) is 5.78 Å². The SMILES string of the molecule is [B]C(C(=O)OCC)C(=O)c1ccncc1. The first kappa shape index (κ1) is 11.4. The number of carbonyl (C=O) groups excluding carboxylic acids is 2. The first-order valence-corrected chi connectivity index (χ1v) is 4.53. The number of Topliss-reactive ketones (excluding diaryl/α,β-unsaturated/α-hetero) is 1. The number of esters is 1. The maximum absolute atomic E-state index is 11.6. The lowest BCUT2D eigenvalue weighted by atomic mass is 9.81. The van der Waals surface area contributed by atoms with Crippen LogP contribution in [0.5, 0.6) is 0 Å². The second-order valence-electron chi connectivity index (χ2n) is 2.83. The van der Waals surface area contributed by atoms with Gasteiger partial charge in [-0.15, -0.1) is 0 Å². The Balaban J connectivity index is 2.73. The maximum atomic E-state index is 11.6. The van der Waals surface area contributed by atoms with E-state index in [1.165, 1.54) is 24.5 Å². The van der Waals surface area contributed by atoms with E-state index >= 15 is 0 Å². The van der Waals surface area contributed by atoms with Crippen LogP contribution in [0.15, 0.2) is 24.5 Å². The zero-order valence-corrected chi connectivity index (χ0v) is 8.34. The van der Waals surface area contributed by atoms with E-state index in [0.29, 0.717) is 5.56 Å². The van der Waals surface area contributed by atoms with Gasteiger partial charge in [0.2, 0.25) is 0 Å². The van der Waals surface area contributed by atoms with Gasteiger partial charge in [-0.05, 0) is 19.1 Å². The van der Waals surface area contributed by atoms with Gasteiger partial charge in [0.25, 0.3) is 0 Å². The van der Waals surface area contributed by atoms with Gasteiger partial charge in [-0.25, -0.2) is 0 Å². The normalized spacial score (nSPS) is 11.8. The van der Waals surface area contributed by atoms with Gasteiger partial charge in [-0.1, -0.05) is 0 Å². The van der Waals surface area contributed by atoms with E-state index < -0.39 is 17.6 Å². The highest BCUT2D eigenvalue weighted by Crippen LogP contribution is 2.11. The van der Waals surface area contributed by atoms with Crippen LogP contribution in [0.2, 0.25) is 5.82 Å². The number of nitrogens with zero attached hydrogens (tertiary/aromatic N) is 1. The standard InChI is InChI=1S/C10H10BNO3/c1-2-15-10(14)8(11)9(13)7-3-5-12-6-4-7/h3-6,8H,2H2,1H3. The van der Waals surface area contributed by atoms with Gasteiger partial charge >= 0.3 is 5.97 Å². The largest absolute Gasteiger partial charge is 0.466 e. The molecule has 15 heavy (non-hydrogen) atoms. The molecule has 76 valence electrons. The topological polar surface area (TPSA) is 56.3 Å². The van der Waals surface area contributed by atoms with Crippen LogP contribution in [-0.2, 0) is 9.53 Å². The molecule has 0 spiro atoms. The molecule has 0 N–H and O–H groups in total. The molecule has 1 unspecified atom stereocenters. The molecule has 0 aliphatic carbocycles. The Hall–Kier alpha value is -1.65. The predicted octanol–water partition coefficient (Wildman–Crippen LogP) is 0.784. The monoisotopic (exact) mass is 203 g/mol. The second kappa shape index (κ2) is 5.29. The quantitative estimate of drug-likeness (QED) is 0.314. The third kappa shape index (κ3) is 2.90. The zero-order valence-electron chi connectivity index (χ0n) is 8.34. The Kier molecular flexibility index (Phi) is 4.03. The predicted molar refractivity (Wildman–Crippen MR) is 54.7 cm³/mol. The first-order valence-electron chi connectivity index (χ1n) is 4.53. The molecule has 0 aliphatic heterocycles. The van der Waals surface area contributed by atoms with E-state index in [4.69, 9.17) is 7.85 Å². The molecule has 2 radical (unpaired) electrons. The van der Waals surface area contributed by atoms with Crippen LogP contribution < -0.4 is 0 Å². The molecule has 5 heteroatoms. The zero-order chi connectivity index (χ0) is 11.3. The van der Waals surface area contributed by atoms with Gasteiger partial charge in [0, 0.05) is 18.0 Å². The fraction of sp³-hybridized carbons (Fsp3) is 0.300. The fourth-order valence-corrected chi connectivity index (χ4v) is 1.03. The highest BCUT2D eigenvalue weighted by atomic mass is 16.5. The summed E-state index contributed by atoms with van der Waals surface area (Å²) in [6, 6.07) is 3.00. The fourth-order valence-electron chi connectivity index (χ4n) is 1.03. The molecule has 1 heterocycles. The van der Waals surface area contributed by atoms with Crippen LogP contribution >= 0.6 is 0 Å². The van der Waals surface area contributed by atoms with Gasteiger partial charge in [0.05, 0.1) is 20.3 Å². The summed E-state index contributed by atoms with van der Waals surface area (Å²) >= 11 is 0. The highest BCUT2D eigenvalue weighted by molar-refractivity contribution is 6.38. The summed E-state index contributed by atoms with van der Waals surface area (Å²) in [7, 11) is 5.43. The van der Waals surface area contributed by atoms with Crippen molar-refractivity contribution in [2.75, 3.05) is 6.61 Å². The lowest BCUT2D eigenvalue weighted by Gasteiger charge is -2.09. The molecule has 4 nitrogen and oxygen atoms in total. The van der Waals surface area contributed by atoms with Crippen molar-refractivity contribution in [3.8, 4) is 0 Å². The number of carbonyl (C=O) groups is 2. The van der Waals surface area contributed by atoms with E-state index in [-0.39, 0.29) is 6.61 Å². The number of hydrogen-bond acceptors (Lipinski definition) is 4. The summed E-state index contributed by atoms with van der Waals surface area (Å²) in [5.74, 6) is -2.43. The Morgan fingerprint density at radius 1 is 1.47 bits per heavy atom. The highest BCUT2D eigenvalue weighted by Gasteiger charge is 2.22. The van der Waals surface area contributed by atoms with E-state index in [9.17, 15) is 9.59 Å². The third-order valence-corrected chi connectivity index (χ3v) is 1.79. The van der Waals surface area contributed by atoms with Crippen molar-refractivity contribution in [3.63, 3.8) is 0 Å². The summed E-state index contributed by atoms with van der Waals surface area (Å²) in [5.41, 5.74) is 0.352. The average molecular weight is 203 g/mol. The molecule has 1 aromatic rings. The molecule has 0 amide bonds. The summed E-state index contributed by atoms with van der Waals surface area (Å²) < 4.78 is 4.65. The lowest BCUT2D eigenvalue weighted by Crippen LogP contribution is -2.21. The number of rotatable bonds is 4. The average Bonchev–Trinajstić information content (AvgIpc) is 2.28. The summed E-state index contributed by atoms with van der Waals surface area (Å²) in [4.78, 5) is 26.5. The Morgan fingerprint density at radius 2 is 2.07 bits per heavy atom.